The van der Waals surface area contributed by atoms with Gasteiger partial charge in [0.15, 0.2) is 0 Å². The van der Waals surface area contributed by atoms with Crippen LogP contribution in [0.1, 0.15) is 10.6 Å². The summed E-state index contributed by atoms with van der Waals surface area (Å²) in [4.78, 5) is 14.5. The summed E-state index contributed by atoms with van der Waals surface area (Å²) in [5.74, 6) is -0.454. The van der Waals surface area contributed by atoms with E-state index in [-0.39, 0.29) is 0 Å². The highest BCUT2D eigenvalue weighted by Gasteiger charge is 2.04. The van der Waals surface area contributed by atoms with Crippen molar-refractivity contribution in [3.63, 3.8) is 0 Å². The molecule has 19 heavy (non-hydrogen) atoms. The predicted molar refractivity (Wildman–Crippen MR) is 74.6 cm³/mol. The molecule has 0 aliphatic heterocycles. The van der Waals surface area contributed by atoms with Gasteiger partial charge in [0.25, 0.3) is 0 Å². The number of ether oxygens (including phenoxy) is 1. The molecule has 0 amide bonds. The number of carbonyl (C=O) groups is 1. The van der Waals surface area contributed by atoms with Crippen molar-refractivity contribution >= 4 is 35.0 Å². The van der Waals surface area contributed by atoms with Gasteiger partial charge in [-0.1, -0.05) is 17.7 Å². The lowest BCUT2D eigenvalue weighted by molar-refractivity contribution is -0.131. The normalized spacial score (nSPS) is 10.8. The molecule has 4 nitrogen and oxygen atoms in total. The first-order valence-electron chi connectivity index (χ1n) is 5.37. The van der Waals surface area contributed by atoms with Crippen LogP contribution >= 0.6 is 22.9 Å². The number of carboxylic acids is 1. The summed E-state index contributed by atoms with van der Waals surface area (Å²) in [5, 5.41) is 11.7. The van der Waals surface area contributed by atoms with Crippen LogP contribution in [-0.4, -0.2) is 16.1 Å². The maximum Gasteiger partial charge on any atom is 0.328 e. The van der Waals surface area contributed by atoms with E-state index in [1.54, 1.807) is 24.4 Å². The van der Waals surface area contributed by atoms with Crippen molar-refractivity contribution < 1.29 is 14.6 Å². The molecule has 0 bridgehead atoms. The maximum absolute atomic E-state index is 10.4. The largest absolute Gasteiger partial charge is 0.485 e. The molecule has 0 atom stereocenters. The fourth-order valence-corrected chi connectivity index (χ4v) is 2.14. The van der Waals surface area contributed by atoms with E-state index in [9.17, 15) is 4.79 Å². The average Bonchev–Trinajstić information content (AvgIpc) is 2.88. The SMILES string of the molecule is O=C(O)C=Cc1ccc(OCc2nccs2)c(Cl)c1. The lowest BCUT2D eigenvalue weighted by atomic mass is 10.2. The Kier molecular flexibility index (Phi) is 4.54. The summed E-state index contributed by atoms with van der Waals surface area (Å²) in [6.45, 7) is 0.363. The molecule has 2 aromatic rings. The van der Waals surface area contributed by atoms with Gasteiger partial charge < -0.3 is 9.84 Å². The average molecular weight is 296 g/mol. The number of hydrogen-bond donors (Lipinski definition) is 1. The van der Waals surface area contributed by atoms with E-state index < -0.39 is 5.97 Å². The Hall–Kier alpha value is -1.85. The number of hydrogen-bond acceptors (Lipinski definition) is 4. The van der Waals surface area contributed by atoms with Gasteiger partial charge in [-0.05, 0) is 23.8 Å². The Balaban J connectivity index is 2.04. The first-order chi connectivity index (χ1) is 9.15. The molecule has 0 unspecified atom stereocenters. The molecule has 1 heterocycles. The van der Waals surface area contributed by atoms with Gasteiger partial charge in [0.05, 0.1) is 5.02 Å². The highest BCUT2D eigenvalue weighted by atomic mass is 35.5. The van der Waals surface area contributed by atoms with E-state index in [4.69, 9.17) is 21.4 Å². The zero-order valence-electron chi connectivity index (χ0n) is 9.75. The second-order valence-electron chi connectivity index (χ2n) is 3.58. The Bertz CT molecular complexity index is 596. The third-order valence-electron chi connectivity index (χ3n) is 2.21. The zero-order chi connectivity index (χ0) is 13.7. The molecule has 1 aromatic carbocycles. The quantitative estimate of drug-likeness (QED) is 0.858. The fourth-order valence-electron chi connectivity index (χ4n) is 1.37. The molecule has 6 heteroatoms. The monoisotopic (exact) mass is 295 g/mol. The molecule has 1 aromatic heterocycles. The second-order valence-corrected chi connectivity index (χ2v) is 4.96. The van der Waals surface area contributed by atoms with E-state index in [0.29, 0.717) is 22.9 Å². The van der Waals surface area contributed by atoms with E-state index >= 15 is 0 Å². The second kappa shape index (κ2) is 6.36. The topological polar surface area (TPSA) is 59.4 Å². The number of aliphatic carboxylic acids is 1. The molecule has 0 aliphatic carbocycles. The summed E-state index contributed by atoms with van der Waals surface area (Å²) < 4.78 is 5.54. The van der Waals surface area contributed by atoms with Gasteiger partial charge in [-0.2, -0.15) is 0 Å². The zero-order valence-corrected chi connectivity index (χ0v) is 11.3. The van der Waals surface area contributed by atoms with Crippen molar-refractivity contribution in [2.75, 3.05) is 0 Å². The minimum absolute atomic E-state index is 0.363. The number of nitrogens with zero attached hydrogens (tertiary/aromatic N) is 1. The maximum atomic E-state index is 10.4. The third-order valence-corrected chi connectivity index (χ3v) is 3.26. The molecule has 0 saturated heterocycles. The summed E-state index contributed by atoms with van der Waals surface area (Å²) in [5.41, 5.74) is 0.703. The molecular weight excluding hydrogens is 286 g/mol. The molecule has 98 valence electrons. The van der Waals surface area contributed by atoms with Crippen LogP contribution in [0.4, 0.5) is 0 Å². The number of aromatic nitrogens is 1. The lowest BCUT2D eigenvalue weighted by Gasteiger charge is -2.06. The minimum atomic E-state index is -1.000. The van der Waals surface area contributed by atoms with Crippen molar-refractivity contribution in [1.29, 1.82) is 0 Å². The van der Waals surface area contributed by atoms with Gasteiger partial charge in [0.2, 0.25) is 0 Å². The van der Waals surface area contributed by atoms with Crippen molar-refractivity contribution in [1.82, 2.24) is 4.98 Å². The van der Waals surface area contributed by atoms with Gasteiger partial charge in [0.1, 0.15) is 17.4 Å². The van der Waals surface area contributed by atoms with Crippen molar-refractivity contribution in [2.24, 2.45) is 0 Å². The van der Waals surface area contributed by atoms with Crippen LogP contribution in [0.5, 0.6) is 5.75 Å². The first-order valence-corrected chi connectivity index (χ1v) is 6.62. The molecular formula is C13H10ClNO3S. The van der Waals surface area contributed by atoms with Crippen LogP contribution < -0.4 is 4.74 Å². The Labute approximate surface area is 118 Å². The molecule has 0 fully saturated rings. The molecule has 0 radical (unpaired) electrons. The lowest BCUT2D eigenvalue weighted by Crippen LogP contribution is -1.95. The number of thiazole rings is 1. The Morgan fingerprint density at radius 2 is 2.37 bits per heavy atom. The van der Waals surface area contributed by atoms with E-state index in [1.165, 1.54) is 17.4 Å². The van der Waals surface area contributed by atoms with Gasteiger partial charge in [-0.25, -0.2) is 9.78 Å². The number of rotatable bonds is 5. The first kappa shape index (κ1) is 13.6. The molecule has 0 aliphatic rings. The number of halogens is 1. The number of benzene rings is 1. The van der Waals surface area contributed by atoms with Gasteiger partial charge in [0, 0.05) is 17.7 Å². The van der Waals surface area contributed by atoms with Gasteiger partial charge >= 0.3 is 5.97 Å². The van der Waals surface area contributed by atoms with Crippen LogP contribution in [0.25, 0.3) is 6.08 Å². The third kappa shape index (κ3) is 4.08. The highest BCUT2D eigenvalue weighted by molar-refractivity contribution is 7.09. The predicted octanol–water partition coefficient (Wildman–Crippen LogP) is 3.47. The molecule has 1 N–H and O–H groups in total. The Morgan fingerprint density at radius 1 is 1.53 bits per heavy atom. The van der Waals surface area contributed by atoms with E-state index in [0.717, 1.165) is 11.1 Å². The van der Waals surface area contributed by atoms with Crippen LogP contribution in [0.3, 0.4) is 0 Å². The summed E-state index contributed by atoms with van der Waals surface area (Å²) >= 11 is 7.57. The molecule has 2 rings (SSSR count). The summed E-state index contributed by atoms with van der Waals surface area (Å²) in [6, 6.07) is 5.10. The highest BCUT2D eigenvalue weighted by Crippen LogP contribution is 2.27. The Morgan fingerprint density at radius 3 is 3.00 bits per heavy atom. The summed E-state index contributed by atoms with van der Waals surface area (Å²) in [7, 11) is 0. The van der Waals surface area contributed by atoms with Gasteiger partial charge in [-0.15, -0.1) is 11.3 Å². The van der Waals surface area contributed by atoms with Crippen LogP contribution in [0.15, 0.2) is 35.9 Å². The minimum Gasteiger partial charge on any atom is -0.485 e. The van der Waals surface area contributed by atoms with Crippen molar-refractivity contribution in [3.05, 3.63) is 51.4 Å². The van der Waals surface area contributed by atoms with Crippen molar-refractivity contribution in [3.8, 4) is 5.75 Å². The fraction of sp³-hybridized carbons (Fsp3) is 0.0769. The number of carboxylic acid groups (broad SMARTS) is 1. The van der Waals surface area contributed by atoms with Crippen LogP contribution in [0.2, 0.25) is 5.02 Å². The van der Waals surface area contributed by atoms with Gasteiger partial charge in [-0.3, -0.25) is 0 Å². The summed E-state index contributed by atoms with van der Waals surface area (Å²) in [6.07, 6.45) is 4.24. The van der Waals surface area contributed by atoms with Crippen LogP contribution in [0, 0.1) is 0 Å². The van der Waals surface area contributed by atoms with Crippen LogP contribution in [-0.2, 0) is 11.4 Å². The van der Waals surface area contributed by atoms with E-state index in [2.05, 4.69) is 4.98 Å². The van der Waals surface area contributed by atoms with Crippen molar-refractivity contribution in [2.45, 2.75) is 6.61 Å². The smallest absolute Gasteiger partial charge is 0.328 e. The molecule has 0 saturated carbocycles. The molecule has 0 spiro atoms. The van der Waals surface area contributed by atoms with E-state index in [1.807, 2.05) is 5.38 Å². The standard InChI is InChI=1S/C13H10ClNO3S/c14-10-7-9(2-4-13(16)17)1-3-11(10)18-8-12-15-5-6-19-12/h1-7H,8H2,(H,16,17).